The Hall–Kier alpha value is -2.60. The topological polar surface area (TPSA) is 57.8 Å². The fourth-order valence-corrected chi connectivity index (χ4v) is 4.05. The summed E-state index contributed by atoms with van der Waals surface area (Å²) in [6, 6.07) is 8.08. The van der Waals surface area contributed by atoms with Crippen LogP contribution in [0.1, 0.15) is 48.7 Å². The van der Waals surface area contributed by atoms with Crippen LogP contribution in [0.5, 0.6) is 5.75 Å². The third kappa shape index (κ3) is 3.81. The number of ether oxygens (including phenoxy) is 2. The van der Waals surface area contributed by atoms with E-state index in [-0.39, 0.29) is 5.56 Å². The van der Waals surface area contributed by atoms with Crippen LogP contribution >= 0.6 is 0 Å². The molecule has 1 saturated carbocycles. The minimum absolute atomic E-state index is 0.00451. The molecular weight excluding hydrogens is 366 g/mol. The summed E-state index contributed by atoms with van der Waals surface area (Å²) in [7, 11) is 0. The second kappa shape index (κ2) is 7.67. The molecule has 0 atom stereocenters. The first kappa shape index (κ1) is 18.4. The first-order valence-corrected chi connectivity index (χ1v) is 10.6. The summed E-state index contributed by atoms with van der Waals surface area (Å²) in [5, 5.41) is 0. The highest BCUT2D eigenvalue weighted by Crippen LogP contribution is 2.29. The van der Waals surface area contributed by atoms with Gasteiger partial charge in [0.2, 0.25) is 0 Å². The average molecular weight is 393 g/mol. The van der Waals surface area contributed by atoms with Crippen molar-refractivity contribution < 1.29 is 9.47 Å². The second-order valence-electron chi connectivity index (χ2n) is 8.32. The van der Waals surface area contributed by atoms with Crippen molar-refractivity contribution in [2.24, 2.45) is 5.92 Å². The van der Waals surface area contributed by atoms with E-state index in [2.05, 4.69) is 4.98 Å². The molecule has 0 unspecified atom stereocenters. The zero-order valence-electron chi connectivity index (χ0n) is 16.8. The van der Waals surface area contributed by atoms with Crippen molar-refractivity contribution in [3.63, 3.8) is 0 Å². The molecule has 0 amide bonds. The summed E-state index contributed by atoms with van der Waals surface area (Å²) in [5.41, 5.74) is 2.66. The second-order valence-corrected chi connectivity index (χ2v) is 8.32. The van der Waals surface area contributed by atoms with Gasteiger partial charge in [-0.25, -0.2) is 4.98 Å². The van der Waals surface area contributed by atoms with Crippen LogP contribution < -0.4 is 10.3 Å². The number of benzene rings is 1. The molecule has 1 aliphatic heterocycles. The van der Waals surface area contributed by atoms with E-state index in [0.29, 0.717) is 18.0 Å². The molecule has 5 rings (SSSR count). The van der Waals surface area contributed by atoms with Gasteiger partial charge in [-0.2, -0.15) is 0 Å². The lowest BCUT2D eigenvalue weighted by Gasteiger charge is -2.21. The summed E-state index contributed by atoms with van der Waals surface area (Å²) in [6.07, 6.45) is 8.24. The fraction of sp³-hybridized carbons (Fsp3) is 0.478. The molecule has 1 aliphatic carbocycles. The van der Waals surface area contributed by atoms with Gasteiger partial charge in [-0.05, 0) is 56.2 Å². The first-order valence-electron chi connectivity index (χ1n) is 10.6. The van der Waals surface area contributed by atoms with Crippen LogP contribution in [0.2, 0.25) is 0 Å². The molecule has 6 heteroatoms. The number of aromatic nitrogens is 3. The Morgan fingerprint density at radius 2 is 1.90 bits per heavy atom. The van der Waals surface area contributed by atoms with E-state index in [4.69, 9.17) is 9.47 Å². The molecule has 1 saturated heterocycles. The Labute approximate surface area is 170 Å². The number of hydrogen-bond acceptors (Lipinski definition) is 4. The smallest absolute Gasteiger partial charge is 0.276 e. The van der Waals surface area contributed by atoms with E-state index in [1.54, 1.807) is 6.20 Å². The largest absolute Gasteiger partial charge is 0.493 e. The Kier molecular flexibility index (Phi) is 4.87. The molecule has 2 aliphatic rings. The maximum absolute atomic E-state index is 13.2. The van der Waals surface area contributed by atoms with Gasteiger partial charge in [0, 0.05) is 31.0 Å². The lowest BCUT2D eigenvalue weighted by Crippen LogP contribution is -2.25. The molecule has 3 heterocycles. The number of imidazole rings is 1. The van der Waals surface area contributed by atoms with Crippen molar-refractivity contribution >= 4 is 5.52 Å². The molecule has 2 fully saturated rings. The van der Waals surface area contributed by atoms with Crippen molar-refractivity contribution in [2.75, 3.05) is 19.8 Å². The van der Waals surface area contributed by atoms with E-state index in [0.717, 1.165) is 61.4 Å². The standard InChI is InChI=1S/C23H27N3O3/c1-16-13-26-21(12-24-22(26)19-8-10-28-11-9-19)23(27)25(16)14-17-4-6-20(7-5-17)29-15-18-2-3-18/h4-7,12-13,18-19H,2-3,8-11,14-15H2,1H3. The monoisotopic (exact) mass is 393 g/mol. The van der Waals surface area contributed by atoms with Crippen molar-refractivity contribution in [3.05, 3.63) is 64.1 Å². The summed E-state index contributed by atoms with van der Waals surface area (Å²) < 4.78 is 15.1. The zero-order valence-corrected chi connectivity index (χ0v) is 16.8. The van der Waals surface area contributed by atoms with Gasteiger partial charge in [0.15, 0.2) is 0 Å². The molecule has 152 valence electrons. The van der Waals surface area contributed by atoms with Crippen molar-refractivity contribution in [1.29, 1.82) is 0 Å². The van der Waals surface area contributed by atoms with Gasteiger partial charge >= 0.3 is 0 Å². The Balaban J connectivity index is 1.39. The number of aryl methyl sites for hydroxylation is 1. The maximum atomic E-state index is 13.2. The van der Waals surface area contributed by atoms with Crippen LogP contribution in [0, 0.1) is 12.8 Å². The van der Waals surface area contributed by atoms with Crippen LogP contribution in [-0.4, -0.2) is 33.8 Å². The lowest BCUT2D eigenvalue weighted by molar-refractivity contribution is 0.0835. The number of hydrogen-bond donors (Lipinski definition) is 0. The van der Waals surface area contributed by atoms with E-state index in [9.17, 15) is 4.79 Å². The van der Waals surface area contributed by atoms with E-state index >= 15 is 0 Å². The molecule has 2 aromatic heterocycles. The number of nitrogens with zero attached hydrogens (tertiary/aromatic N) is 3. The fourth-order valence-electron chi connectivity index (χ4n) is 4.05. The van der Waals surface area contributed by atoms with E-state index < -0.39 is 0 Å². The highest BCUT2D eigenvalue weighted by molar-refractivity contribution is 5.45. The summed E-state index contributed by atoms with van der Waals surface area (Å²) in [5.74, 6) is 2.97. The summed E-state index contributed by atoms with van der Waals surface area (Å²) in [4.78, 5) is 17.8. The highest BCUT2D eigenvalue weighted by Gasteiger charge is 2.23. The predicted molar refractivity (Wildman–Crippen MR) is 111 cm³/mol. The normalized spacial score (nSPS) is 17.7. The minimum Gasteiger partial charge on any atom is -0.493 e. The maximum Gasteiger partial charge on any atom is 0.276 e. The lowest BCUT2D eigenvalue weighted by atomic mass is 10.00. The van der Waals surface area contributed by atoms with Gasteiger partial charge < -0.3 is 14.0 Å². The molecule has 0 radical (unpaired) electrons. The van der Waals surface area contributed by atoms with Crippen LogP contribution in [0.15, 0.2) is 41.5 Å². The van der Waals surface area contributed by atoms with Gasteiger partial charge in [0.1, 0.15) is 17.1 Å². The van der Waals surface area contributed by atoms with Crippen LogP contribution in [0.25, 0.3) is 5.52 Å². The molecular formula is C23H27N3O3. The molecule has 1 aromatic carbocycles. The van der Waals surface area contributed by atoms with Crippen molar-refractivity contribution in [3.8, 4) is 5.75 Å². The quantitative estimate of drug-likeness (QED) is 0.643. The first-order chi connectivity index (χ1) is 14.2. The molecule has 3 aromatic rings. The number of fused-ring (bicyclic) bond motifs is 1. The average Bonchev–Trinajstić information content (AvgIpc) is 3.49. The van der Waals surface area contributed by atoms with Gasteiger partial charge in [-0.3, -0.25) is 9.20 Å². The van der Waals surface area contributed by atoms with Gasteiger partial charge in [-0.15, -0.1) is 0 Å². The summed E-state index contributed by atoms with van der Waals surface area (Å²) >= 11 is 0. The van der Waals surface area contributed by atoms with Crippen molar-refractivity contribution in [1.82, 2.24) is 14.0 Å². The van der Waals surface area contributed by atoms with Gasteiger partial charge in [0.25, 0.3) is 5.56 Å². The third-order valence-corrected chi connectivity index (χ3v) is 6.06. The van der Waals surface area contributed by atoms with E-state index in [1.807, 2.05) is 46.4 Å². The van der Waals surface area contributed by atoms with Crippen molar-refractivity contribution in [2.45, 2.75) is 45.1 Å². The van der Waals surface area contributed by atoms with Crippen LogP contribution in [0.3, 0.4) is 0 Å². The van der Waals surface area contributed by atoms with E-state index in [1.165, 1.54) is 12.8 Å². The number of rotatable bonds is 6. The van der Waals surface area contributed by atoms with Crippen LogP contribution in [-0.2, 0) is 11.3 Å². The third-order valence-electron chi connectivity index (χ3n) is 6.06. The Bertz CT molecular complexity index is 1060. The molecule has 0 bridgehead atoms. The van der Waals surface area contributed by atoms with Gasteiger partial charge in [-0.1, -0.05) is 12.1 Å². The van der Waals surface area contributed by atoms with Crippen LogP contribution in [0.4, 0.5) is 0 Å². The zero-order chi connectivity index (χ0) is 19.8. The Morgan fingerprint density at radius 1 is 1.14 bits per heavy atom. The molecule has 0 N–H and O–H groups in total. The highest BCUT2D eigenvalue weighted by atomic mass is 16.5. The molecule has 6 nitrogen and oxygen atoms in total. The van der Waals surface area contributed by atoms with Gasteiger partial charge in [0.05, 0.1) is 19.3 Å². The SMILES string of the molecule is Cc1cn2c(C3CCOCC3)ncc2c(=O)n1Cc1ccc(OCC2CC2)cc1. The predicted octanol–water partition coefficient (Wildman–Crippen LogP) is 3.54. The Morgan fingerprint density at radius 3 is 2.62 bits per heavy atom. The minimum atomic E-state index is 0.00451. The molecule has 29 heavy (non-hydrogen) atoms. The molecule has 0 spiro atoms. The summed E-state index contributed by atoms with van der Waals surface area (Å²) in [6.45, 7) is 4.86.